The summed E-state index contributed by atoms with van der Waals surface area (Å²) in [5.74, 6) is -3.37. The Morgan fingerprint density at radius 1 is 1.11 bits per heavy atom. The van der Waals surface area contributed by atoms with Gasteiger partial charge in [0.1, 0.15) is 11.7 Å². The number of ether oxygens (including phenoxy) is 1. The average Bonchev–Trinajstić information content (AvgIpc) is 2.63. The summed E-state index contributed by atoms with van der Waals surface area (Å²) in [5.41, 5.74) is -3.93. The predicted octanol–water partition coefficient (Wildman–Crippen LogP) is -1.29. The smallest absolute Gasteiger partial charge is 0.338 e. The fraction of sp³-hybridized carbons (Fsp3) is 0.850. The zero-order chi connectivity index (χ0) is 21.0. The Kier molecular flexibility index (Phi) is 4.17. The number of fused-ring (bicyclic) bond motifs is 2. The van der Waals surface area contributed by atoms with Gasteiger partial charge in [0.2, 0.25) is 0 Å². The molecule has 0 aromatic rings. The standard InChI is InChI=1S/C20H30O8/c1-7-5-10(21)15(24)18(3)9(7)6-11-19(4)14(18)13(23)12(22)8(2)20(19,27)16(25)17(26)28-11/h8-16,21-25,27H,1,5-6H2,2-4H3/t8-,9-,10-,11+,12+,13-,14+,15+,16-,18-,19+,20-/m0/s1. The molecule has 1 aliphatic heterocycles. The summed E-state index contributed by atoms with van der Waals surface area (Å²) in [4.78, 5) is 12.4. The second-order valence-corrected chi connectivity index (χ2v) is 9.71. The molecule has 4 fully saturated rings. The van der Waals surface area contributed by atoms with E-state index in [2.05, 4.69) is 6.58 Å². The molecule has 3 saturated carbocycles. The zero-order valence-corrected chi connectivity index (χ0v) is 16.3. The molecule has 0 bridgehead atoms. The van der Waals surface area contributed by atoms with E-state index in [9.17, 15) is 35.4 Å². The third-order valence-corrected chi connectivity index (χ3v) is 8.81. The van der Waals surface area contributed by atoms with Gasteiger partial charge in [0.25, 0.3) is 0 Å². The summed E-state index contributed by atoms with van der Waals surface area (Å²) in [5, 5.41) is 65.6. The molecule has 1 heterocycles. The second kappa shape index (κ2) is 5.77. The Labute approximate surface area is 163 Å². The molecule has 158 valence electrons. The molecule has 0 aromatic carbocycles. The van der Waals surface area contributed by atoms with Crippen molar-refractivity contribution in [3.8, 4) is 0 Å². The minimum absolute atomic E-state index is 0.174. The lowest BCUT2D eigenvalue weighted by atomic mass is 9.36. The highest BCUT2D eigenvalue weighted by molar-refractivity contribution is 5.78. The summed E-state index contributed by atoms with van der Waals surface area (Å²) in [7, 11) is 0. The van der Waals surface area contributed by atoms with Gasteiger partial charge < -0.3 is 35.4 Å². The molecule has 8 nitrogen and oxygen atoms in total. The Morgan fingerprint density at radius 2 is 1.71 bits per heavy atom. The Hall–Kier alpha value is -1.03. The van der Waals surface area contributed by atoms with Crippen molar-refractivity contribution >= 4 is 5.97 Å². The first-order valence-electron chi connectivity index (χ1n) is 9.85. The van der Waals surface area contributed by atoms with Gasteiger partial charge in [-0.3, -0.25) is 0 Å². The number of aliphatic hydroxyl groups excluding tert-OH is 5. The van der Waals surface area contributed by atoms with Crippen LogP contribution in [-0.2, 0) is 9.53 Å². The molecule has 6 N–H and O–H groups in total. The van der Waals surface area contributed by atoms with Gasteiger partial charge in [-0.25, -0.2) is 4.79 Å². The monoisotopic (exact) mass is 398 g/mol. The Balaban J connectivity index is 1.98. The molecule has 0 aromatic heterocycles. The van der Waals surface area contributed by atoms with Gasteiger partial charge in [-0.2, -0.15) is 0 Å². The largest absolute Gasteiger partial charge is 0.460 e. The second-order valence-electron chi connectivity index (χ2n) is 9.71. The van der Waals surface area contributed by atoms with E-state index >= 15 is 0 Å². The van der Waals surface area contributed by atoms with Crippen LogP contribution in [0.3, 0.4) is 0 Å². The summed E-state index contributed by atoms with van der Waals surface area (Å²) in [6, 6.07) is 0. The van der Waals surface area contributed by atoms with Crippen molar-refractivity contribution in [2.45, 2.75) is 75.8 Å². The number of carbonyl (C=O) groups excluding carboxylic acids is 1. The first kappa shape index (κ1) is 20.3. The molecule has 12 atom stereocenters. The van der Waals surface area contributed by atoms with E-state index in [1.54, 1.807) is 13.8 Å². The van der Waals surface area contributed by atoms with Crippen molar-refractivity contribution in [1.29, 1.82) is 0 Å². The van der Waals surface area contributed by atoms with E-state index in [1.165, 1.54) is 6.92 Å². The van der Waals surface area contributed by atoms with Crippen LogP contribution < -0.4 is 0 Å². The first-order valence-corrected chi connectivity index (χ1v) is 9.85. The maximum atomic E-state index is 12.4. The summed E-state index contributed by atoms with van der Waals surface area (Å²) in [6.07, 6.45) is -7.51. The maximum Gasteiger partial charge on any atom is 0.338 e. The third kappa shape index (κ3) is 1.94. The van der Waals surface area contributed by atoms with E-state index in [0.29, 0.717) is 5.57 Å². The molecule has 0 radical (unpaired) electrons. The number of carbonyl (C=O) groups is 1. The number of hydrogen-bond donors (Lipinski definition) is 6. The van der Waals surface area contributed by atoms with Crippen LogP contribution >= 0.6 is 0 Å². The van der Waals surface area contributed by atoms with Gasteiger partial charge >= 0.3 is 5.97 Å². The highest BCUT2D eigenvalue weighted by Gasteiger charge is 2.79. The highest BCUT2D eigenvalue weighted by atomic mass is 16.6. The molecular formula is C20H30O8. The normalized spacial score (nSPS) is 61.2. The van der Waals surface area contributed by atoms with E-state index in [4.69, 9.17) is 4.74 Å². The van der Waals surface area contributed by atoms with Crippen molar-refractivity contribution in [1.82, 2.24) is 0 Å². The third-order valence-electron chi connectivity index (χ3n) is 8.81. The zero-order valence-electron chi connectivity index (χ0n) is 16.3. The van der Waals surface area contributed by atoms with Crippen molar-refractivity contribution in [3.63, 3.8) is 0 Å². The van der Waals surface area contributed by atoms with Crippen LogP contribution in [0.4, 0.5) is 0 Å². The number of hydrogen-bond acceptors (Lipinski definition) is 8. The number of aliphatic hydroxyl groups is 6. The van der Waals surface area contributed by atoms with Gasteiger partial charge in [0, 0.05) is 22.7 Å². The molecule has 0 unspecified atom stereocenters. The van der Waals surface area contributed by atoms with Crippen LogP contribution in [0.5, 0.6) is 0 Å². The van der Waals surface area contributed by atoms with Crippen LogP contribution in [0.1, 0.15) is 33.6 Å². The number of rotatable bonds is 0. The topological polar surface area (TPSA) is 148 Å². The lowest BCUT2D eigenvalue weighted by Gasteiger charge is -2.72. The molecule has 1 saturated heterocycles. The average molecular weight is 398 g/mol. The SMILES string of the molecule is C=C1C[C@H](O)[C@@H](O)[C@]2(C)[C@H]3[C@@H](O)[C@H](O)[C@H](C)[C@]4(O)[C@@H](O)C(=O)O[C@H](C[C@@H]12)[C@]34C. The fourth-order valence-corrected chi connectivity index (χ4v) is 7.28. The fourth-order valence-electron chi connectivity index (χ4n) is 7.28. The first-order chi connectivity index (χ1) is 12.8. The van der Waals surface area contributed by atoms with E-state index in [-0.39, 0.29) is 12.8 Å². The van der Waals surface area contributed by atoms with E-state index in [1.807, 2.05) is 0 Å². The molecule has 4 aliphatic rings. The molecule has 3 aliphatic carbocycles. The molecular weight excluding hydrogens is 368 g/mol. The van der Waals surface area contributed by atoms with Crippen molar-refractivity contribution in [2.24, 2.45) is 28.6 Å². The summed E-state index contributed by atoms with van der Waals surface area (Å²) >= 11 is 0. The van der Waals surface area contributed by atoms with Gasteiger partial charge in [0.05, 0.1) is 24.4 Å². The highest BCUT2D eigenvalue weighted by Crippen LogP contribution is 2.70. The van der Waals surface area contributed by atoms with Gasteiger partial charge in [-0.15, -0.1) is 0 Å². The molecule has 4 rings (SSSR count). The molecule has 0 amide bonds. The van der Waals surface area contributed by atoms with E-state index < -0.39 is 76.8 Å². The minimum atomic E-state index is -2.08. The van der Waals surface area contributed by atoms with Crippen LogP contribution in [0.2, 0.25) is 0 Å². The minimum Gasteiger partial charge on any atom is -0.460 e. The lowest BCUT2D eigenvalue weighted by Crippen LogP contribution is -2.83. The van der Waals surface area contributed by atoms with E-state index in [0.717, 1.165) is 0 Å². The summed E-state index contributed by atoms with van der Waals surface area (Å²) in [6.45, 7) is 8.85. The summed E-state index contributed by atoms with van der Waals surface area (Å²) < 4.78 is 5.52. The van der Waals surface area contributed by atoms with Crippen molar-refractivity contribution in [2.75, 3.05) is 0 Å². The van der Waals surface area contributed by atoms with Crippen molar-refractivity contribution < 1.29 is 40.2 Å². The predicted molar refractivity (Wildman–Crippen MR) is 95.6 cm³/mol. The quantitative estimate of drug-likeness (QED) is 0.218. The van der Waals surface area contributed by atoms with Crippen molar-refractivity contribution in [3.05, 3.63) is 12.2 Å². The Bertz CT molecular complexity index is 725. The molecule has 28 heavy (non-hydrogen) atoms. The number of esters is 1. The van der Waals surface area contributed by atoms with Crippen LogP contribution in [0.25, 0.3) is 0 Å². The molecule has 8 heteroatoms. The molecule has 0 spiro atoms. The maximum absolute atomic E-state index is 12.4. The lowest BCUT2D eigenvalue weighted by molar-refractivity contribution is -0.362. The van der Waals surface area contributed by atoms with Crippen LogP contribution in [0.15, 0.2) is 12.2 Å². The Morgan fingerprint density at radius 3 is 2.32 bits per heavy atom. The van der Waals surface area contributed by atoms with Crippen LogP contribution in [-0.4, -0.2) is 78.8 Å². The van der Waals surface area contributed by atoms with Crippen LogP contribution in [0, 0.1) is 28.6 Å². The van der Waals surface area contributed by atoms with Gasteiger partial charge in [-0.05, 0) is 18.8 Å². The van der Waals surface area contributed by atoms with Gasteiger partial charge in [0.15, 0.2) is 6.10 Å². The van der Waals surface area contributed by atoms with Gasteiger partial charge in [-0.1, -0.05) is 32.9 Å².